The molecule has 5 heterocycles. The van der Waals surface area contributed by atoms with Crippen LogP contribution in [-0.4, -0.2) is 113 Å². The molecule has 7 rings (SSSR count). The molecule has 3 N–H and O–H groups in total. The normalized spacial score (nSPS) is 20.0. The largest absolute Gasteiger partial charge is 0.573 e. The third-order valence-corrected chi connectivity index (χ3v) is 12.2. The molecule has 4 atom stereocenters. The molecule has 4 aromatic rings. The lowest BCUT2D eigenvalue weighted by Crippen LogP contribution is -2.56. The van der Waals surface area contributed by atoms with Crippen LogP contribution in [0.4, 0.5) is 33.9 Å². The first-order valence-electron chi connectivity index (χ1n) is 21.6. The fourth-order valence-corrected chi connectivity index (χ4v) is 8.84. The van der Waals surface area contributed by atoms with E-state index in [-0.39, 0.29) is 46.6 Å². The molecule has 3 saturated heterocycles. The second-order valence-corrected chi connectivity index (χ2v) is 17.8. The number of nitrogens with zero attached hydrogens (tertiary/aromatic N) is 5. The average molecular weight is 907 g/mol. The molecule has 3 fully saturated rings. The van der Waals surface area contributed by atoms with Crippen molar-refractivity contribution in [3.63, 3.8) is 0 Å². The molecular weight excluding hydrogens is 853 g/mol. The molecule has 0 spiro atoms. The minimum absolute atomic E-state index is 0.0475. The number of aromatic amines is 1. The van der Waals surface area contributed by atoms with Gasteiger partial charge in [-0.25, -0.2) is 19.2 Å². The van der Waals surface area contributed by atoms with Crippen molar-refractivity contribution in [1.29, 1.82) is 0 Å². The Kier molecular flexibility index (Phi) is 13.7. The number of aromatic nitrogens is 3. The number of ether oxygens (including phenoxy) is 3. The number of alkyl carbamates (subject to hydrolysis) is 1. The van der Waals surface area contributed by atoms with Gasteiger partial charge in [-0.05, 0) is 80.8 Å². The molecule has 0 saturated carbocycles. The maximum absolute atomic E-state index is 16.1. The number of likely N-dealkylation sites (tertiary alicyclic amines) is 1. The quantitative estimate of drug-likeness (QED) is 0.134. The summed E-state index contributed by atoms with van der Waals surface area (Å²) in [6, 6.07) is 10.3. The first kappa shape index (κ1) is 46.7. The van der Waals surface area contributed by atoms with E-state index in [9.17, 15) is 32.3 Å². The van der Waals surface area contributed by atoms with Crippen LogP contribution in [0.25, 0.3) is 22.4 Å². The second kappa shape index (κ2) is 19.1. The van der Waals surface area contributed by atoms with Crippen molar-refractivity contribution >= 4 is 35.3 Å². The second-order valence-electron chi connectivity index (χ2n) is 17.8. The van der Waals surface area contributed by atoms with Gasteiger partial charge in [0.1, 0.15) is 17.7 Å². The van der Waals surface area contributed by atoms with Gasteiger partial charge in [0.2, 0.25) is 11.8 Å². The zero-order valence-corrected chi connectivity index (χ0v) is 37.1. The van der Waals surface area contributed by atoms with Gasteiger partial charge in [0, 0.05) is 55.9 Å². The Morgan fingerprint density at radius 1 is 0.877 bits per heavy atom. The third-order valence-electron chi connectivity index (χ3n) is 12.2. The average Bonchev–Trinajstić information content (AvgIpc) is 3.92. The number of nitrogens with one attached hydrogen (secondary N) is 3. The number of amides is 4. The van der Waals surface area contributed by atoms with E-state index < -0.39 is 53.0 Å². The summed E-state index contributed by atoms with van der Waals surface area (Å²) >= 11 is 0. The van der Waals surface area contributed by atoms with Crippen molar-refractivity contribution in [2.24, 2.45) is 11.3 Å². The molecule has 2 aromatic heterocycles. The molecule has 348 valence electrons. The first-order chi connectivity index (χ1) is 30.8. The Morgan fingerprint density at radius 3 is 2.22 bits per heavy atom. The molecule has 3 aliphatic heterocycles. The highest BCUT2D eigenvalue weighted by molar-refractivity contribution is 6.05. The number of benzene rings is 2. The van der Waals surface area contributed by atoms with Gasteiger partial charge in [-0.1, -0.05) is 45.0 Å². The topological polar surface area (TPSA) is 171 Å². The summed E-state index contributed by atoms with van der Waals surface area (Å²) in [6.07, 6.45) is -0.520. The van der Waals surface area contributed by atoms with E-state index in [1.165, 1.54) is 31.5 Å². The lowest BCUT2D eigenvalue weighted by Gasteiger charge is -2.42. The number of carbonyl (C=O) groups is 4. The smallest absolute Gasteiger partial charge is 0.453 e. The van der Waals surface area contributed by atoms with E-state index in [0.717, 1.165) is 6.07 Å². The fourth-order valence-electron chi connectivity index (χ4n) is 8.84. The number of anilines is 2. The van der Waals surface area contributed by atoms with Crippen LogP contribution >= 0.6 is 0 Å². The Balaban J connectivity index is 1.06. The van der Waals surface area contributed by atoms with Crippen molar-refractivity contribution in [2.75, 3.05) is 50.2 Å². The summed E-state index contributed by atoms with van der Waals surface area (Å²) < 4.78 is 71.9. The molecule has 0 radical (unpaired) electrons. The number of halogens is 4. The summed E-state index contributed by atoms with van der Waals surface area (Å²) in [4.78, 5) is 70.6. The molecule has 19 heteroatoms. The molecule has 15 nitrogen and oxygen atoms in total. The maximum atomic E-state index is 16.1. The molecule has 0 aliphatic carbocycles. The van der Waals surface area contributed by atoms with Crippen molar-refractivity contribution in [3.8, 4) is 28.1 Å². The van der Waals surface area contributed by atoms with E-state index in [0.29, 0.717) is 81.4 Å². The summed E-state index contributed by atoms with van der Waals surface area (Å²) in [7, 11) is 1.24. The first-order valence-corrected chi connectivity index (χ1v) is 21.6. The number of H-pyrrole nitrogens is 1. The number of alkyl halides is 3. The van der Waals surface area contributed by atoms with Gasteiger partial charge in [-0.3, -0.25) is 14.4 Å². The standard InChI is InChI=1S/C46H54F4N8O7/c1-26-7-15-35(58(26)42(60)38(55-44(62)63-6)30-17-21-64-22-18-30)40-52-24-34(54-40)29-10-8-28(9-11-29)32-13-14-33(37(47)39(32)65-46(48,49)50)41(59)53-31-12-16-36(51-23-31)57-20-19-56(25-27(57)2)43(61)45(3,4)5/h8-14,16,23-24,26-27,30,35,38H,7,15,17-22,25H2,1-6H3,(H,52,54)(H,53,59)(H,55,62)/t26-,27+,35-,38?/m0/s1. The Hall–Kier alpha value is -6.24. The zero-order valence-electron chi connectivity index (χ0n) is 37.1. The van der Waals surface area contributed by atoms with Crippen LogP contribution in [0, 0.1) is 17.2 Å². The van der Waals surface area contributed by atoms with Crippen molar-refractivity contribution in [3.05, 3.63) is 78.1 Å². The molecule has 65 heavy (non-hydrogen) atoms. The summed E-state index contributed by atoms with van der Waals surface area (Å²) in [5.41, 5.74) is 0.0912. The lowest BCUT2D eigenvalue weighted by atomic mass is 9.90. The number of rotatable bonds is 10. The molecule has 4 amide bonds. The van der Waals surface area contributed by atoms with Gasteiger partial charge >= 0.3 is 12.5 Å². The van der Waals surface area contributed by atoms with Gasteiger partial charge < -0.3 is 44.5 Å². The van der Waals surface area contributed by atoms with E-state index in [2.05, 4.69) is 30.3 Å². The highest BCUT2D eigenvalue weighted by Gasteiger charge is 2.43. The monoisotopic (exact) mass is 906 g/mol. The highest BCUT2D eigenvalue weighted by atomic mass is 19.4. The van der Waals surface area contributed by atoms with Gasteiger partial charge in [-0.15, -0.1) is 13.2 Å². The number of methoxy groups -OCH3 is 1. The molecular formula is C46H54F4N8O7. The van der Waals surface area contributed by atoms with Crippen molar-refractivity contribution in [2.45, 2.75) is 90.8 Å². The Labute approximate surface area is 374 Å². The SMILES string of the molecule is COC(=O)NC(C(=O)N1[C@@H](C)CC[C@H]1c1ncc(-c2ccc(-c3ccc(C(=O)Nc4ccc(N5CCN(C(=O)C(C)(C)C)C[C@H]5C)nc4)c(F)c3OC(F)(F)F)cc2)[nH]1)C1CCOCC1. The van der Waals surface area contributed by atoms with Crippen LogP contribution in [-0.2, 0) is 19.1 Å². The number of pyridine rings is 1. The van der Waals surface area contributed by atoms with E-state index >= 15 is 4.39 Å². The number of hydrogen-bond acceptors (Lipinski definition) is 10. The van der Waals surface area contributed by atoms with Crippen molar-refractivity contribution < 1.29 is 51.0 Å². The van der Waals surface area contributed by atoms with Crippen LogP contribution in [0.2, 0.25) is 0 Å². The third kappa shape index (κ3) is 10.5. The number of carbonyl (C=O) groups excluding carboxylic acids is 4. The summed E-state index contributed by atoms with van der Waals surface area (Å²) in [5.74, 6) is -2.90. The van der Waals surface area contributed by atoms with E-state index in [4.69, 9.17) is 9.47 Å². The maximum Gasteiger partial charge on any atom is 0.573 e. The number of hydrogen-bond donors (Lipinski definition) is 3. The van der Waals surface area contributed by atoms with Gasteiger partial charge in [-0.2, -0.15) is 0 Å². The number of imidazole rings is 1. The zero-order chi connectivity index (χ0) is 46.8. The Bertz CT molecular complexity index is 2360. The highest BCUT2D eigenvalue weighted by Crippen LogP contribution is 2.40. The van der Waals surface area contributed by atoms with Gasteiger partial charge in [0.15, 0.2) is 11.6 Å². The lowest BCUT2D eigenvalue weighted by molar-refractivity contribution is -0.275. The van der Waals surface area contributed by atoms with E-state index in [1.807, 2.05) is 44.4 Å². The van der Waals surface area contributed by atoms with Crippen LogP contribution in [0.15, 0.2) is 60.9 Å². The molecule has 1 unspecified atom stereocenters. The molecule has 3 aliphatic rings. The Morgan fingerprint density at radius 2 is 1.58 bits per heavy atom. The predicted octanol–water partition coefficient (Wildman–Crippen LogP) is 7.72. The van der Waals surface area contributed by atoms with Gasteiger partial charge in [0.05, 0.1) is 42.5 Å². The van der Waals surface area contributed by atoms with Crippen LogP contribution in [0.1, 0.15) is 82.5 Å². The summed E-state index contributed by atoms with van der Waals surface area (Å²) in [6.45, 7) is 12.0. The van der Waals surface area contributed by atoms with Crippen molar-refractivity contribution in [1.82, 2.24) is 30.1 Å². The fraction of sp³-hybridized carbons (Fsp3) is 0.478. The van der Waals surface area contributed by atoms with Crippen LogP contribution in [0.3, 0.4) is 0 Å². The van der Waals surface area contributed by atoms with E-state index in [1.54, 1.807) is 35.4 Å². The number of piperazine rings is 1. The van der Waals surface area contributed by atoms with Crippen LogP contribution < -0.4 is 20.3 Å². The van der Waals surface area contributed by atoms with Crippen LogP contribution in [0.5, 0.6) is 5.75 Å². The summed E-state index contributed by atoms with van der Waals surface area (Å²) in [5, 5.41) is 5.26. The predicted molar refractivity (Wildman–Crippen MR) is 232 cm³/mol. The molecule has 2 aromatic carbocycles. The minimum Gasteiger partial charge on any atom is -0.453 e. The van der Waals surface area contributed by atoms with Gasteiger partial charge in [0.25, 0.3) is 5.91 Å². The minimum atomic E-state index is -5.29. The molecule has 0 bridgehead atoms.